The van der Waals surface area contributed by atoms with Gasteiger partial charge in [-0.1, -0.05) is 19.1 Å². The maximum Gasteiger partial charge on any atom is 0.348 e. The summed E-state index contributed by atoms with van der Waals surface area (Å²) in [6.07, 6.45) is 0.681. The van der Waals surface area contributed by atoms with Gasteiger partial charge in [-0.15, -0.1) is 11.3 Å². The smallest absolute Gasteiger partial charge is 0.348 e. The van der Waals surface area contributed by atoms with Crippen molar-refractivity contribution < 1.29 is 19.1 Å². The number of ether oxygens (including phenoxy) is 1. The van der Waals surface area contributed by atoms with Crippen LogP contribution in [0.2, 0.25) is 0 Å². The molecule has 0 fully saturated rings. The molecular weight excluding hydrogens is 388 g/mol. The molecule has 0 saturated carbocycles. The van der Waals surface area contributed by atoms with Crippen LogP contribution in [0.1, 0.15) is 45.9 Å². The molecule has 1 heterocycles. The quantitative estimate of drug-likeness (QED) is 0.658. The van der Waals surface area contributed by atoms with E-state index >= 15 is 0 Å². The lowest BCUT2D eigenvalue weighted by atomic mass is 10.1. The normalized spacial score (nSPS) is 11.6. The number of benzene rings is 1. The van der Waals surface area contributed by atoms with Gasteiger partial charge in [0.15, 0.2) is 6.61 Å². The van der Waals surface area contributed by atoms with Gasteiger partial charge in [0.25, 0.3) is 5.91 Å². The molecule has 1 aromatic carbocycles. The molecule has 1 atom stereocenters. The molecular formula is C22H28N2O4S. The van der Waals surface area contributed by atoms with Crippen molar-refractivity contribution in [3.63, 3.8) is 0 Å². The van der Waals surface area contributed by atoms with Crippen molar-refractivity contribution in [2.75, 3.05) is 18.5 Å². The summed E-state index contributed by atoms with van der Waals surface area (Å²) >= 11 is 1.32. The van der Waals surface area contributed by atoms with Gasteiger partial charge in [0.2, 0.25) is 5.91 Å². The number of aryl methyl sites for hydroxylation is 2. The Morgan fingerprint density at radius 2 is 1.86 bits per heavy atom. The first-order valence-electron chi connectivity index (χ1n) is 9.62. The fourth-order valence-corrected chi connectivity index (χ4v) is 3.53. The van der Waals surface area contributed by atoms with Crippen LogP contribution in [0, 0.1) is 20.8 Å². The van der Waals surface area contributed by atoms with E-state index in [1.807, 2.05) is 58.9 Å². The summed E-state index contributed by atoms with van der Waals surface area (Å²) in [6, 6.07) is 9.03. The number of thiophene rings is 1. The van der Waals surface area contributed by atoms with E-state index in [1.165, 1.54) is 16.2 Å². The van der Waals surface area contributed by atoms with Crippen LogP contribution in [0.15, 0.2) is 30.3 Å². The van der Waals surface area contributed by atoms with Gasteiger partial charge in [0.05, 0.1) is 0 Å². The number of hydrogen-bond acceptors (Lipinski definition) is 5. The van der Waals surface area contributed by atoms with Crippen LogP contribution >= 0.6 is 11.3 Å². The minimum Gasteiger partial charge on any atom is -0.451 e. The Morgan fingerprint density at radius 1 is 1.14 bits per heavy atom. The second-order valence-electron chi connectivity index (χ2n) is 7.06. The number of nitrogens with zero attached hydrogens (tertiary/aromatic N) is 1. The summed E-state index contributed by atoms with van der Waals surface area (Å²) in [7, 11) is 0. The molecule has 0 saturated heterocycles. The zero-order valence-electron chi connectivity index (χ0n) is 17.6. The summed E-state index contributed by atoms with van der Waals surface area (Å²) in [5.74, 6) is -1.20. The molecule has 6 nitrogen and oxygen atoms in total. The van der Waals surface area contributed by atoms with Crippen molar-refractivity contribution >= 4 is 34.8 Å². The highest BCUT2D eigenvalue weighted by Gasteiger charge is 2.24. The topological polar surface area (TPSA) is 75.7 Å². The Hall–Kier alpha value is -2.67. The number of amides is 2. The Balaban J connectivity index is 2.00. The SMILES string of the molecule is CC[C@H](C)N(CC(=O)Nc1cccc(C)c1C)C(=O)COC(=O)c1ccc(C)s1. The van der Waals surface area contributed by atoms with E-state index in [0.29, 0.717) is 11.3 Å². The summed E-state index contributed by atoms with van der Waals surface area (Å²) < 4.78 is 5.16. The predicted molar refractivity (Wildman–Crippen MR) is 115 cm³/mol. The Bertz CT molecular complexity index is 891. The van der Waals surface area contributed by atoms with Crippen LogP contribution < -0.4 is 5.32 Å². The molecule has 2 amide bonds. The maximum absolute atomic E-state index is 12.7. The van der Waals surface area contributed by atoms with E-state index < -0.39 is 18.5 Å². The van der Waals surface area contributed by atoms with Gasteiger partial charge in [0, 0.05) is 16.6 Å². The fourth-order valence-electron chi connectivity index (χ4n) is 2.77. The van der Waals surface area contributed by atoms with E-state index in [4.69, 9.17) is 4.74 Å². The van der Waals surface area contributed by atoms with Gasteiger partial charge in [-0.2, -0.15) is 0 Å². The number of esters is 1. The molecule has 0 aliphatic heterocycles. The highest BCUT2D eigenvalue weighted by atomic mass is 32.1. The number of nitrogens with one attached hydrogen (secondary N) is 1. The standard InChI is InChI=1S/C22H28N2O4S/c1-6-15(3)24(12-20(25)23-18-9-7-8-14(2)17(18)5)21(26)13-28-22(27)19-11-10-16(4)29-19/h7-11,15H,6,12-13H2,1-5H3,(H,23,25)/t15-/m0/s1. The number of anilines is 1. The first-order valence-corrected chi connectivity index (χ1v) is 10.4. The summed E-state index contributed by atoms with van der Waals surface area (Å²) in [5, 5.41) is 2.87. The van der Waals surface area contributed by atoms with E-state index in [-0.39, 0.29) is 18.5 Å². The zero-order chi connectivity index (χ0) is 21.6. The lowest BCUT2D eigenvalue weighted by Crippen LogP contribution is -2.45. The van der Waals surface area contributed by atoms with Crippen LogP contribution in [0.25, 0.3) is 0 Å². The lowest BCUT2D eigenvalue weighted by molar-refractivity contribution is -0.139. The molecule has 0 bridgehead atoms. The molecule has 7 heteroatoms. The lowest BCUT2D eigenvalue weighted by Gasteiger charge is -2.28. The molecule has 0 aliphatic carbocycles. The minimum atomic E-state index is -0.527. The molecule has 1 aromatic heterocycles. The van der Waals surface area contributed by atoms with Crippen LogP contribution in [-0.2, 0) is 14.3 Å². The second kappa shape index (κ2) is 10.2. The third-order valence-corrected chi connectivity index (χ3v) is 5.88. The van der Waals surface area contributed by atoms with Gasteiger partial charge in [-0.05, 0) is 63.4 Å². The molecule has 0 aliphatic rings. The van der Waals surface area contributed by atoms with Crippen molar-refractivity contribution in [3.8, 4) is 0 Å². The third kappa shape index (κ3) is 6.15. The fraction of sp³-hybridized carbons (Fsp3) is 0.409. The molecule has 0 unspecified atom stereocenters. The molecule has 29 heavy (non-hydrogen) atoms. The predicted octanol–water partition coefficient (Wildman–Crippen LogP) is 4.10. The Labute approximate surface area is 175 Å². The van der Waals surface area contributed by atoms with Crippen LogP contribution in [-0.4, -0.2) is 41.9 Å². The van der Waals surface area contributed by atoms with Crippen molar-refractivity contribution in [1.82, 2.24) is 4.90 Å². The number of carbonyl (C=O) groups is 3. The summed E-state index contributed by atoms with van der Waals surface area (Å²) in [5.41, 5.74) is 2.79. The molecule has 2 rings (SSSR count). The number of carbonyl (C=O) groups excluding carboxylic acids is 3. The number of rotatable bonds is 8. The molecule has 1 N–H and O–H groups in total. The summed E-state index contributed by atoms with van der Waals surface area (Å²) in [6.45, 7) is 9.12. The van der Waals surface area contributed by atoms with Gasteiger partial charge < -0.3 is 15.0 Å². The largest absolute Gasteiger partial charge is 0.451 e. The van der Waals surface area contributed by atoms with Gasteiger partial charge >= 0.3 is 5.97 Å². The summed E-state index contributed by atoms with van der Waals surface area (Å²) in [4.78, 5) is 40.2. The zero-order valence-corrected chi connectivity index (χ0v) is 18.4. The maximum atomic E-state index is 12.7. The van der Waals surface area contributed by atoms with E-state index in [9.17, 15) is 14.4 Å². The average molecular weight is 417 g/mol. The van der Waals surface area contributed by atoms with Gasteiger partial charge in [0.1, 0.15) is 11.4 Å². The first kappa shape index (κ1) is 22.6. The Kier molecular flexibility index (Phi) is 7.96. The van der Waals surface area contributed by atoms with Crippen molar-refractivity contribution in [3.05, 3.63) is 51.2 Å². The van der Waals surface area contributed by atoms with Crippen molar-refractivity contribution in [2.24, 2.45) is 0 Å². The van der Waals surface area contributed by atoms with Crippen molar-refractivity contribution in [2.45, 2.75) is 47.1 Å². The van der Waals surface area contributed by atoms with Gasteiger partial charge in [-0.25, -0.2) is 4.79 Å². The highest BCUT2D eigenvalue weighted by Crippen LogP contribution is 2.18. The van der Waals surface area contributed by atoms with E-state index in [1.54, 1.807) is 6.07 Å². The average Bonchev–Trinajstić information content (AvgIpc) is 3.13. The molecule has 2 aromatic rings. The molecule has 0 spiro atoms. The van der Waals surface area contributed by atoms with Crippen LogP contribution in [0.4, 0.5) is 5.69 Å². The first-order chi connectivity index (χ1) is 13.7. The van der Waals surface area contributed by atoms with E-state index in [2.05, 4.69) is 5.32 Å². The van der Waals surface area contributed by atoms with Crippen molar-refractivity contribution in [1.29, 1.82) is 0 Å². The highest BCUT2D eigenvalue weighted by molar-refractivity contribution is 7.13. The monoisotopic (exact) mass is 416 g/mol. The van der Waals surface area contributed by atoms with Gasteiger partial charge in [-0.3, -0.25) is 9.59 Å². The number of hydrogen-bond donors (Lipinski definition) is 1. The Morgan fingerprint density at radius 3 is 2.48 bits per heavy atom. The van der Waals surface area contributed by atoms with E-state index in [0.717, 1.165) is 21.7 Å². The van der Waals surface area contributed by atoms with Crippen LogP contribution in [0.3, 0.4) is 0 Å². The minimum absolute atomic E-state index is 0.100. The third-order valence-electron chi connectivity index (χ3n) is 4.90. The second-order valence-corrected chi connectivity index (χ2v) is 8.35. The van der Waals surface area contributed by atoms with Crippen LogP contribution in [0.5, 0.6) is 0 Å². The molecule has 156 valence electrons. The molecule has 0 radical (unpaired) electrons.